The number of benzene rings is 1. The largest absolute Gasteiger partial charge is 0.507 e. The van der Waals surface area contributed by atoms with E-state index < -0.39 is 0 Å². The van der Waals surface area contributed by atoms with Crippen molar-refractivity contribution < 1.29 is 9.84 Å². The van der Waals surface area contributed by atoms with E-state index in [0.29, 0.717) is 5.75 Å². The number of unbranched alkanes of at least 4 members (excludes halogenated alkanes) is 1. The molecule has 21 heavy (non-hydrogen) atoms. The molecule has 1 unspecified atom stereocenters. The molecule has 0 spiro atoms. The second-order valence-corrected chi connectivity index (χ2v) is 5.11. The smallest absolute Gasteiger partial charge is 0.124 e. The lowest BCUT2D eigenvalue weighted by atomic mass is 10.1. The molecule has 1 aromatic carbocycles. The number of nitrogens with one attached hydrogen (secondary N) is 1. The van der Waals surface area contributed by atoms with Crippen molar-refractivity contribution in [2.45, 2.75) is 32.4 Å². The molecule has 1 atom stereocenters. The van der Waals surface area contributed by atoms with Gasteiger partial charge in [-0.2, -0.15) is 0 Å². The molecule has 0 aliphatic heterocycles. The van der Waals surface area contributed by atoms with Crippen molar-refractivity contribution >= 4 is 0 Å². The van der Waals surface area contributed by atoms with E-state index in [1.807, 2.05) is 24.7 Å². The van der Waals surface area contributed by atoms with Crippen molar-refractivity contribution in [1.82, 2.24) is 14.9 Å². The van der Waals surface area contributed by atoms with Crippen molar-refractivity contribution in [1.29, 1.82) is 0 Å². The van der Waals surface area contributed by atoms with Crippen LogP contribution in [-0.4, -0.2) is 28.3 Å². The van der Waals surface area contributed by atoms with Crippen molar-refractivity contribution in [2.75, 3.05) is 13.7 Å². The number of phenolic OH excluding ortho intramolecular Hbond substituents is 1. The fourth-order valence-corrected chi connectivity index (χ4v) is 2.28. The van der Waals surface area contributed by atoms with Gasteiger partial charge in [-0.15, -0.1) is 0 Å². The number of aromatic nitrogens is 2. The zero-order chi connectivity index (χ0) is 15.1. The molecule has 2 aromatic rings. The minimum Gasteiger partial charge on any atom is -0.507 e. The van der Waals surface area contributed by atoms with Crippen LogP contribution in [0, 0.1) is 0 Å². The Kier molecular flexibility index (Phi) is 5.63. The topological polar surface area (TPSA) is 59.3 Å². The highest BCUT2D eigenvalue weighted by atomic mass is 16.5. The van der Waals surface area contributed by atoms with E-state index in [1.54, 1.807) is 19.4 Å². The van der Waals surface area contributed by atoms with Crippen LogP contribution < -0.4 is 10.1 Å². The van der Waals surface area contributed by atoms with Gasteiger partial charge in [0.15, 0.2) is 0 Å². The number of hydrogen-bond acceptors (Lipinski definition) is 4. The fraction of sp³-hybridized carbons (Fsp3) is 0.438. The minimum absolute atomic E-state index is 0.115. The SMILES string of the molecule is COc1ccc(C(C)NCCCCn2ccnc2)c(O)c1. The van der Waals surface area contributed by atoms with Gasteiger partial charge < -0.3 is 19.7 Å². The van der Waals surface area contributed by atoms with Crippen LogP contribution in [-0.2, 0) is 6.54 Å². The molecule has 5 nitrogen and oxygen atoms in total. The second-order valence-electron chi connectivity index (χ2n) is 5.11. The lowest BCUT2D eigenvalue weighted by Crippen LogP contribution is -2.20. The van der Waals surface area contributed by atoms with Crippen molar-refractivity contribution in [3.63, 3.8) is 0 Å². The molecule has 0 saturated carbocycles. The number of methoxy groups -OCH3 is 1. The summed E-state index contributed by atoms with van der Waals surface area (Å²) < 4.78 is 7.17. The van der Waals surface area contributed by atoms with Gasteiger partial charge in [0.1, 0.15) is 11.5 Å². The predicted octanol–water partition coefficient (Wildman–Crippen LogP) is 2.73. The summed E-state index contributed by atoms with van der Waals surface area (Å²) in [4.78, 5) is 4.02. The van der Waals surface area contributed by atoms with Crippen LogP contribution >= 0.6 is 0 Å². The standard InChI is InChI=1S/C16H23N3O2/c1-13(15-6-5-14(21-2)11-16(15)20)18-7-3-4-9-19-10-8-17-12-19/h5-6,8,10-13,18,20H,3-4,7,9H2,1-2H3. The summed E-state index contributed by atoms with van der Waals surface area (Å²) in [5.74, 6) is 0.941. The predicted molar refractivity (Wildman–Crippen MR) is 82.5 cm³/mol. The van der Waals surface area contributed by atoms with E-state index in [0.717, 1.165) is 31.5 Å². The van der Waals surface area contributed by atoms with Gasteiger partial charge in [0.2, 0.25) is 0 Å². The number of hydrogen-bond donors (Lipinski definition) is 2. The third kappa shape index (κ3) is 4.49. The lowest BCUT2D eigenvalue weighted by Gasteiger charge is -2.16. The summed E-state index contributed by atoms with van der Waals surface area (Å²) in [6.07, 6.45) is 7.80. The Morgan fingerprint density at radius 1 is 1.38 bits per heavy atom. The van der Waals surface area contributed by atoms with E-state index in [2.05, 4.69) is 21.8 Å². The second kappa shape index (κ2) is 7.69. The molecule has 114 valence electrons. The van der Waals surface area contributed by atoms with Crippen molar-refractivity contribution in [3.8, 4) is 11.5 Å². The van der Waals surface area contributed by atoms with Crippen LogP contribution in [0.4, 0.5) is 0 Å². The van der Waals surface area contributed by atoms with Gasteiger partial charge in [-0.05, 0) is 32.4 Å². The highest BCUT2D eigenvalue weighted by Crippen LogP contribution is 2.28. The number of imidazole rings is 1. The number of ether oxygens (including phenoxy) is 1. The van der Waals surface area contributed by atoms with Crippen molar-refractivity contribution in [2.24, 2.45) is 0 Å². The number of aromatic hydroxyl groups is 1. The molecule has 0 radical (unpaired) electrons. The molecule has 0 saturated heterocycles. The van der Waals surface area contributed by atoms with E-state index in [4.69, 9.17) is 4.74 Å². The van der Waals surface area contributed by atoms with Gasteiger partial charge in [-0.25, -0.2) is 4.98 Å². The Morgan fingerprint density at radius 2 is 2.24 bits per heavy atom. The van der Waals surface area contributed by atoms with Gasteiger partial charge in [0, 0.05) is 36.6 Å². The highest BCUT2D eigenvalue weighted by Gasteiger charge is 2.10. The van der Waals surface area contributed by atoms with Gasteiger partial charge in [-0.1, -0.05) is 6.07 Å². The Morgan fingerprint density at radius 3 is 2.90 bits per heavy atom. The number of rotatable bonds is 8. The van der Waals surface area contributed by atoms with E-state index in [-0.39, 0.29) is 11.8 Å². The van der Waals surface area contributed by atoms with Gasteiger partial charge in [0.05, 0.1) is 13.4 Å². The first-order valence-electron chi connectivity index (χ1n) is 7.26. The van der Waals surface area contributed by atoms with Crippen molar-refractivity contribution in [3.05, 3.63) is 42.5 Å². The van der Waals surface area contributed by atoms with E-state index in [1.165, 1.54) is 0 Å². The molecule has 0 aliphatic rings. The number of nitrogens with zero attached hydrogens (tertiary/aromatic N) is 2. The Hall–Kier alpha value is -2.01. The van der Waals surface area contributed by atoms with Crippen LogP contribution in [0.2, 0.25) is 0 Å². The summed E-state index contributed by atoms with van der Waals surface area (Å²) in [6, 6.07) is 5.53. The van der Waals surface area contributed by atoms with Crippen LogP contribution in [0.3, 0.4) is 0 Å². The van der Waals surface area contributed by atoms with Gasteiger partial charge in [-0.3, -0.25) is 0 Å². The summed E-state index contributed by atoms with van der Waals surface area (Å²) >= 11 is 0. The lowest BCUT2D eigenvalue weighted by molar-refractivity contribution is 0.403. The third-order valence-corrected chi connectivity index (χ3v) is 3.56. The van der Waals surface area contributed by atoms with E-state index in [9.17, 15) is 5.11 Å². The highest BCUT2D eigenvalue weighted by molar-refractivity contribution is 5.41. The molecule has 0 amide bonds. The summed E-state index contributed by atoms with van der Waals surface area (Å²) in [7, 11) is 1.59. The van der Waals surface area contributed by atoms with Crippen LogP contribution in [0.15, 0.2) is 36.9 Å². The first kappa shape index (κ1) is 15.4. The molecule has 1 aromatic heterocycles. The van der Waals surface area contributed by atoms with Crippen LogP contribution in [0.25, 0.3) is 0 Å². The van der Waals surface area contributed by atoms with Crippen LogP contribution in [0.1, 0.15) is 31.4 Å². The molecule has 2 rings (SSSR count). The normalized spacial score (nSPS) is 12.3. The van der Waals surface area contributed by atoms with Gasteiger partial charge in [0.25, 0.3) is 0 Å². The van der Waals surface area contributed by atoms with Gasteiger partial charge >= 0.3 is 0 Å². The molecule has 0 fully saturated rings. The third-order valence-electron chi connectivity index (χ3n) is 3.56. The maximum absolute atomic E-state index is 9.99. The average Bonchev–Trinajstić information content (AvgIpc) is 2.99. The maximum Gasteiger partial charge on any atom is 0.124 e. The quantitative estimate of drug-likeness (QED) is 0.734. The Balaban J connectivity index is 1.72. The molecular formula is C16H23N3O2. The number of phenols is 1. The Labute approximate surface area is 125 Å². The minimum atomic E-state index is 0.115. The molecular weight excluding hydrogens is 266 g/mol. The zero-order valence-electron chi connectivity index (χ0n) is 12.6. The Bertz CT molecular complexity index is 540. The average molecular weight is 289 g/mol. The van der Waals surface area contributed by atoms with E-state index >= 15 is 0 Å². The maximum atomic E-state index is 9.99. The zero-order valence-corrected chi connectivity index (χ0v) is 12.6. The summed E-state index contributed by atoms with van der Waals surface area (Å²) in [5, 5.41) is 13.4. The summed E-state index contributed by atoms with van der Waals surface area (Å²) in [5.41, 5.74) is 0.894. The molecule has 5 heteroatoms. The van der Waals surface area contributed by atoms with Crippen LogP contribution in [0.5, 0.6) is 11.5 Å². The molecule has 0 aliphatic carbocycles. The molecule has 1 heterocycles. The monoisotopic (exact) mass is 289 g/mol. The fourth-order valence-electron chi connectivity index (χ4n) is 2.28. The first-order valence-corrected chi connectivity index (χ1v) is 7.26. The molecule has 2 N–H and O–H groups in total. The summed E-state index contributed by atoms with van der Waals surface area (Å²) in [6.45, 7) is 3.96. The number of aryl methyl sites for hydroxylation is 1. The first-order chi connectivity index (χ1) is 10.2. The molecule has 0 bridgehead atoms.